The normalized spacial score (nSPS) is 10.7. The van der Waals surface area contributed by atoms with Crippen molar-refractivity contribution in [1.29, 1.82) is 0 Å². The largest absolute Gasteiger partial charge is 0.493 e. The summed E-state index contributed by atoms with van der Waals surface area (Å²) in [6, 6.07) is 20.0. The van der Waals surface area contributed by atoms with Crippen LogP contribution < -0.4 is 14.2 Å². The Morgan fingerprint density at radius 1 is 0.906 bits per heavy atom. The highest BCUT2D eigenvalue weighted by molar-refractivity contribution is 6.32. The molecule has 0 fully saturated rings. The standard InChI is InChI=1S/C26H23ClO5/c1-18(28)32-26-15-19(12-14-25(26)30-2)11-13-22(29)16-20-7-3-4-8-21(20)17-31-24-10-6-5-9-23(24)27/h3-15H,16-17H2,1-2H3/b13-11+. The second kappa shape index (κ2) is 11.2. The molecule has 3 rings (SSSR count). The van der Waals surface area contributed by atoms with Crippen molar-refractivity contribution in [2.75, 3.05) is 7.11 Å². The first kappa shape index (κ1) is 23.1. The van der Waals surface area contributed by atoms with E-state index >= 15 is 0 Å². The van der Waals surface area contributed by atoms with Crippen LogP contribution in [0.25, 0.3) is 6.08 Å². The number of allylic oxidation sites excluding steroid dienone is 1. The second-order valence-corrected chi connectivity index (χ2v) is 7.38. The highest BCUT2D eigenvalue weighted by Gasteiger charge is 2.10. The number of rotatable bonds is 9. The lowest BCUT2D eigenvalue weighted by Crippen LogP contribution is -2.05. The minimum absolute atomic E-state index is 0.0694. The summed E-state index contributed by atoms with van der Waals surface area (Å²) < 4.78 is 16.2. The molecule has 3 aromatic carbocycles. The quantitative estimate of drug-likeness (QED) is 0.238. The molecule has 0 bridgehead atoms. The first-order chi connectivity index (χ1) is 15.5. The van der Waals surface area contributed by atoms with Crippen LogP contribution >= 0.6 is 11.6 Å². The first-order valence-corrected chi connectivity index (χ1v) is 10.4. The predicted octanol–water partition coefficient (Wildman–Crippen LogP) is 5.68. The van der Waals surface area contributed by atoms with Crippen LogP contribution in [0.15, 0.2) is 72.8 Å². The summed E-state index contributed by atoms with van der Waals surface area (Å²) in [5, 5.41) is 0.539. The van der Waals surface area contributed by atoms with Gasteiger partial charge in [0.1, 0.15) is 12.4 Å². The highest BCUT2D eigenvalue weighted by Crippen LogP contribution is 2.29. The van der Waals surface area contributed by atoms with E-state index < -0.39 is 5.97 Å². The molecule has 0 aliphatic heterocycles. The summed E-state index contributed by atoms with van der Waals surface area (Å²) in [4.78, 5) is 23.9. The van der Waals surface area contributed by atoms with Crippen LogP contribution in [0.3, 0.4) is 0 Å². The molecule has 0 heterocycles. The molecule has 6 heteroatoms. The Labute approximate surface area is 192 Å². The van der Waals surface area contributed by atoms with E-state index in [2.05, 4.69) is 0 Å². The number of benzene rings is 3. The molecule has 164 valence electrons. The predicted molar refractivity (Wildman–Crippen MR) is 124 cm³/mol. The molecule has 5 nitrogen and oxygen atoms in total. The summed E-state index contributed by atoms with van der Waals surface area (Å²) >= 11 is 6.15. The lowest BCUT2D eigenvalue weighted by molar-refractivity contribution is -0.132. The molecule has 0 aliphatic carbocycles. The van der Waals surface area contributed by atoms with E-state index in [0.717, 1.165) is 11.1 Å². The van der Waals surface area contributed by atoms with Gasteiger partial charge in [-0.3, -0.25) is 9.59 Å². The fraction of sp³-hybridized carbons (Fsp3) is 0.154. The highest BCUT2D eigenvalue weighted by atomic mass is 35.5. The summed E-state index contributed by atoms with van der Waals surface area (Å²) in [6.07, 6.45) is 3.41. The number of esters is 1. The van der Waals surface area contributed by atoms with Crippen LogP contribution in [-0.2, 0) is 22.6 Å². The Kier molecular flexibility index (Phi) is 8.06. The van der Waals surface area contributed by atoms with Gasteiger partial charge in [-0.25, -0.2) is 0 Å². The summed E-state index contributed by atoms with van der Waals surface area (Å²) in [7, 11) is 1.49. The molecular formula is C26H23ClO5. The van der Waals surface area contributed by atoms with Crippen molar-refractivity contribution in [1.82, 2.24) is 0 Å². The van der Waals surface area contributed by atoms with Crippen molar-refractivity contribution in [3.05, 3.63) is 94.5 Å². The van der Waals surface area contributed by atoms with Gasteiger partial charge in [0.2, 0.25) is 0 Å². The van der Waals surface area contributed by atoms with Crippen LogP contribution in [0.5, 0.6) is 17.2 Å². The van der Waals surface area contributed by atoms with E-state index in [1.54, 1.807) is 36.4 Å². The van der Waals surface area contributed by atoms with Gasteiger partial charge in [-0.1, -0.05) is 60.1 Å². The van der Waals surface area contributed by atoms with Crippen LogP contribution in [0, 0.1) is 0 Å². The van der Waals surface area contributed by atoms with Crippen LogP contribution in [0.1, 0.15) is 23.6 Å². The van der Waals surface area contributed by atoms with Gasteiger partial charge in [0, 0.05) is 13.3 Å². The van der Waals surface area contributed by atoms with Crippen molar-refractivity contribution in [2.45, 2.75) is 20.0 Å². The number of methoxy groups -OCH3 is 1. The summed E-state index contributed by atoms with van der Waals surface area (Å²) in [6.45, 7) is 1.62. The number of halogens is 1. The Bertz CT molecular complexity index is 1140. The molecule has 3 aromatic rings. The molecule has 0 amide bonds. The van der Waals surface area contributed by atoms with Crippen molar-refractivity contribution >= 4 is 29.4 Å². The fourth-order valence-electron chi connectivity index (χ4n) is 3.06. The van der Waals surface area contributed by atoms with Gasteiger partial charge in [0.15, 0.2) is 17.3 Å². The molecule has 32 heavy (non-hydrogen) atoms. The molecule has 0 saturated carbocycles. The van der Waals surface area contributed by atoms with Gasteiger partial charge in [-0.2, -0.15) is 0 Å². The Hall–Kier alpha value is -3.57. The summed E-state index contributed by atoms with van der Waals surface area (Å²) in [5.41, 5.74) is 2.51. The lowest BCUT2D eigenvalue weighted by Gasteiger charge is -2.11. The maximum Gasteiger partial charge on any atom is 0.308 e. The van der Waals surface area contributed by atoms with E-state index in [4.69, 9.17) is 25.8 Å². The number of hydrogen-bond acceptors (Lipinski definition) is 5. The molecular weight excluding hydrogens is 428 g/mol. The number of hydrogen-bond donors (Lipinski definition) is 0. The zero-order valence-electron chi connectivity index (χ0n) is 17.8. The van der Waals surface area contributed by atoms with Crippen molar-refractivity contribution < 1.29 is 23.8 Å². The molecule has 0 aromatic heterocycles. The van der Waals surface area contributed by atoms with E-state index in [1.807, 2.05) is 36.4 Å². The topological polar surface area (TPSA) is 61.8 Å². The smallest absolute Gasteiger partial charge is 0.308 e. The van der Waals surface area contributed by atoms with Gasteiger partial charge in [-0.15, -0.1) is 0 Å². The van der Waals surface area contributed by atoms with Crippen LogP contribution in [-0.4, -0.2) is 18.9 Å². The molecule has 0 unspecified atom stereocenters. The van der Waals surface area contributed by atoms with Gasteiger partial charge in [-0.05, 0) is 47.0 Å². The van der Waals surface area contributed by atoms with Crippen LogP contribution in [0.2, 0.25) is 5.02 Å². The molecule has 0 aliphatic rings. The maximum absolute atomic E-state index is 12.6. The SMILES string of the molecule is COc1ccc(/C=C/C(=O)Cc2ccccc2COc2ccccc2Cl)cc1OC(C)=O. The third-order valence-corrected chi connectivity index (χ3v) is 4.92. The lowest BCUT2D eigenvalue weighted by atomic mass is 10.0. The average molecular weight is 451 g/mol. The summed E-state index contributed by atoms with van der Waals surface area (Å²) in [5.74, 6) is 0.822. The van der Waals surface area contributed by atoms with E-state index in [0.29, 0.717) is 34.4 Å². The number of carbonyl (C=O) groups excluding carboxylic acids is 2. The molecule has 0 spiro atoms. The number of ether oxygens (including phenoxy) is 3. The van der Waals surface area contributed by atoms with Gasteiger partial charge < -0.3 is 14.2 Å². The fourth-order valence-corrected chi connectivity index (χ4v) is 3.25. The molecule has 0 atom stereocenters. The van der Waals surface area contributed by atoms with E-state index in [-0.39, 0.29) is 12.2 Å². The molecule has 0 N–H and O–H groups in total. The third-order valence-electron chi connectivity index (χ3n) is 4.61. The number of para-hydroxylation sites is 1. The van der Waals surface area contributed by atoms with Gasteiger partial charge in [0.05, 0.1) is 12.1 Å². The number of ketones is 1. The Morgan fingerprint density at radius 2 is 1.62 bits per heavy atom. The zero-order chi connectivity index (χ0) is 22.9. The van der Waals surface area contributed by atoms with Crippen molar-refractivity contribution in [2.24, 2.45) is 0 Å². The van der Waals surface area contributed by atoms with Gasteiger partial charge >= 0.3 is 5.97 Å². The first-order valence-electron chi connectivity index (χ1n) is 9.97. The minimum atomic E-state index is -0.448. The maximum atomic E-state index is 12.6. The van der Waals surface area contributed by atoms with E-state index in [9.17, 15) is 9.59 Å². The zero-order valence-corrected chi connectivity index (χ0v) is 18.6. The average Bonchev–Trinajstić information content (AvgIpc) is 2.78. The minimum Gasteiger partial charge on any atom is -0.493 e. The second-order valence-electron chi connectivity index (χ2n) is 6.97. The molecule has 0 saturated heterocycles. The van der Waals surface area contributed by atoms with Crippen LogP contribution in [0.4, 0.5) is 0 Å². The third kappa shape index (κ3) is 6.46. The Balaban J connectivity index is 1.68. The van der Waals surface area contributed by atoms with Crippen molar-refractivity contribution in [3.8, 4) is 17.2 Å². The van der Waals surface area contributed by atoms with E-state index in [1.165, 1.54) is 20.1 Å². The van der Waals surface area contributed by atoms with Crippen molar-refractivity contribution in [3.63, 3.8) is 0 Å². The Morgan fingerprint density at radius 3 is 2.34 bits per heavy atom. The monoisotopic (exact) mass is 450 g/mol. The number of carbonyl (C=O) groups is 2. The van der Waals surface area contributed by atoms with Gasteiger partial charge in [0.25, 0.3) is 0 Å². The molecule has 0 radical (unpaired) electrons.